The van der Waals surface area contributed by atoms with Crippen molar-refractivity contribution >= 4 is 43.9 Å². The maximum atomic E-state index is 6.47. The van der Waals surface area contributed by atoms with Gasteiger partial charge in [0.2, 0.25) is 0 Å². The summed E-state index contributed by atoms with van der Waals surface area (Å²) < 4.78 is 12.7. The third kappa shape index (κ3) is 6.19. The molecule has 0 aliphatic heterocycles. The van der Waals surface area contributed by atoms with Crippen LogP contribution >= 0.6 is 0 Å². The minimum Gasteiger partial charge on any atom is -0.456 e. The van der Waals surface area contributed by atoms with E-state index in [2.05, 4.69) is 91.0 Å². The highest BCUT2D eigenvalue weighted by atomic mass is 16.3. The second-order valence-corrected chi connectivity index (χ2v) is 15.2. The fourth-order valence-corrected chi connectivity index (χ4v) is 8.40. The van der Waals surface area contributed by atoms with E-state index in [4.69, 9.17) is 33.8 Å². The van der Waals surface area contributed by atoms with Crippen LogP contribution in [0.1, 0.15) is 0 Å². The summed E-state index contributed by atoms with van der Waals surface area (Å²) in [6.45, 7) is 0. The number of hydrogen-bond donors (Lipinski definition) is 0. The number of furan rings is 2. The maximum Gasteiger partial charge on any atom is 0.164 e. The molecule has 0 fully saturated rings. The molecule has 7 nitrogen and oxygen atoms in total. The van der Waals surface area contributed by atoms with Crippen molar-refractivity contribution in [1.82, 2.24) is 24.9 Å². The van der Waals surface area contributed by atoms with E-state index in [1.165, 1.54) is 0 Å². The van der Waals surface area contributed by atoms with Crippen LogP contribution in [0.15, 0.2) is 209 Å². The molecule has 0 amide bonds. The monoisotopic (exact) mass is 795 g/mol. The van der Waals surface area contributed by atoms with Crippen molar-refractivity contribution in [2.45, 2.75) is 0 Å². The SMILES string of the molecule is c1ccc(-c2nc(-c3cccc(-c4cccc(-c5nc(-c6ccccc6)nc(-c6cccc7oc8ccccc8c67)n5)c4)c3)cc(-c3cccc4c3oc3ccccc34)n2)cc1. The van der Waals surface area contributed by atoms with Gasteiger partial charge in [0.1, 0.15) is 22.3 Å². The zero-order chi connectivity index (χ0) is 41.0. The molecule has 0 N–H and O–H groups in total. The summed E-state index contributed by atoms with van der Waals surface area (Å²) in [5.74, 6) is 2.38. The average molecular weight is 796 g/mol. The van der Waals surface area contributed by atoms with Gasteiger partial charge in [0, 0.05) is 54.9 Å². The summed E-state index contributed by atoms with van der Waals surface area (Å²) in [4.78, 5) is 25.6. The van der Waals surface area contributed by atoms with E-state index in [0.29, 0.717) is 23.3 Å². The van der Waals surface area contributed by atoms with Gasteiger partial charge in [0.05, 0.1) is 11.4 Å². The predicted octanol–water partition coefficient (Wildman–Crippen LogP) is 14.1. The van der Waals surface area contributed by atoms with Crippen molar-refractivity contribution in [2.75, 3.05) is 0 Å². The Hall–Kier alpha value is -8.55. The third-order valence-corrected chi connectivity index (χ3v) is 11.4. The number of benzene rings is 8. The van der Waals surface area contributed by atoms with Crippen LogP contribution in [0.2, 0.25) is 0 Å². The number of fused-ring (bicyclic) bond motifs is 6. The number of nitrogens with zero attached hydrogens (tertiary/aromatic N) is 5. The summed E-state index contributed by atoms with van der Waals surface area (Å²) in [6.07, 6.45) is 0. The Kier molecular flexibility index (Phi) is 8.35. The molecule has 0 saturated heterocycles. The lowest BCUT2D eigenvalue weighted by Crippen LogP contribution is -2.00. The van der Waals surface area contributed by atoms with E-state index in [-0.39, 0.29) is 0 Å². The van der Waals surface area contributed by atoms with Crippen LogP contribution in [0, 0.1) is 0 Å². The van der Waals surface area contributed by atoms with Gasteiger partial charge in [-0.25, -0.2) is 24.9 Å². The van der Waals surface area contributed by atoms with Crippen molar-refractivity contribution in [3.8, 4) is 79.2 Å². The van der Waals surface area contributed by atoms with Crippen LogP contribution in [-0.4, -0.2) is 24.9 Å². The van der Waals surface area contributed by atoms with Crippen LogP contribution in [0.3, 0.4) is 0 Å². The molecule has 0 aliphatic carbocycles. The first-order chi connectivity index (χ1) is 30.7. The van der Waals surface area contributed by atoms with E-state index in [1.807, 2.05) is 109 Å². The van der Waals surface area contributed by atoms with Crippen LogP contribution in [0.4, 0.5) is 0 Å². The predicted molar refractivity (Wildman–Crippen MR) is 248 cm³/mol. The fourth-order valence-electron chi connectivity index (χ4n) is 8.40. The molecule has 0 spiro atoms. The molecule has 62 heavy (non-hydrogen) atoms. The third-order valence-electron chi connectivity index (χ3n) is 11.4. The molecule has 0 saturated carbocycles. The second-order valence-electron chi connectivity index (χ2n) is 15.2. The molecular formula is C55H33N5O2. The Morgan fingerprint density at radius 2 is 0.758 bits per heavy atom. The van der Waals surface area contributed by atoms with Crippen molar-refractivity contribution in [3.05, 3.63) is 200 Å². The second kappa shape index (κ2) is 14.6. The first kappa shape index (κ1) is 35.4. The highest BCUT2D eigenvalue weighted by Gasteiger charge is 2.19. The number of aromatic nitrogens is 5. The van der Waals surface area contributed by atoms with E-state index in [9.17, 15) is 0 Å². The molecule has 0 atom stereocenters. The standard InChI is InChI=1S/C55H33N5O2/c1-3-15-34(16-4-1)52-56-45(33-46(57-52)42-26-13-25-41-40-23-7-9-28-47(40)62-51(41)42)38-21-11-19-36(31-38)37-20-12-22-39(32-37)54-58-53(35-17-5-2-6-18-35)59-55(60-54)44-27-14-30-49-50(44)43-24-8-10-29-48(43)61-49/h1-33H. The molecule has 4 heterocycles. The highest BCUT2D eigenvalue weighted by Crippen LogP contribution is 2.39. The zero-order valence-corrected chi connectivity index (χ0v) is 33.1. The molecule has 0 aliphatic rings. The smallest absolute Gasteiger partial charge is 0.164 e. The van der Waals surface area contributed by atoms with Gasteiger partial charge in [-0.3, -0.25) is 0 Å². The first-order valence-corrected chi connectivity index (χ1v) is 20.5. The minimum atomic E-state index is 0.573. The lowest BCUT2D eigenvalue weighted by atomic mass is 9.98. The molecule has 0 radical (unpaired) electrons. The summed E-state index contributed by atoms with van der Waals surface area (Å²) in [7, 11) is 0. The summed E-state index contributed by atoms with van der Waals surface area (Å²) in [6, 6.07) is 67.5. The zero-order valence-electron chi connectivity index (χ0n) is 33.1. The normalized spacial score (nSPS) is 11.5. The van der Waals surface area contributed by atoms with E-state index in [1.54, 1.807) is 0 Å². The Bertz CT molecular complexity index is 3650. The van der Waals surface area contributed by atoms with E-state index < -0.39 is 0 Å². The molecule has 8 aromatic carbocycles. The van der Waals surface area contributed by atoms with Gasteiger partial charge in [-0.1, -0.05) is 158 Å². The molecule has 12 aromatic rings. The quantitative estimate of drug-likeness (QED) is 0.159. The van der Waals surface area contributed by atoms with Crippen molar-refractivity contribution < 1.29 is 8.83 Å². The summed E-state index contributed by atoms with van der Waals surface area (Å²) >= 11 is 0. The van der Waals surface area contributed by atoms with Crippen LogP contribution in [0.5, 0.6) is 0 Å². The van der Waals surface area contributed by atoms with Gasteiger partial charge < -0.3 is 8.83 Å². The molecule has 4 aromatic heterocycles. The van der Waals surface area contributed by atoms with Gasteiger partial charge in [0.25, 0.3) is 0 Å². The van der Waals surface area contributed by atoms with Gasteiger partial charge in [-0.05, 0) is 53.6 Å². The fraction of sp³-hybridized carbons (Fsp3) is 0. The minimum absolute atomic E-state index is 0.573. The van der Waals surface area contributed by atoms with Crippen molar-refractivity contribution in [2.24, 2.45) is 0 Å². The van der Waals surface area contributed by atoms with Crippen molar-refractivity contribution in [1.29, 1.82) is 0 Å². The Morgan fingerprint density at radius 3 is 1.52 bits per heavy atom. The van der Waals surface area contributed by atoms with E-state index >= 15 is 0 Å². The summed E-state index contributed by atoms with van der Waals surface area (Å²) in [5, 5.41) is 4.11. The van der Waals surface area contributed by atoms with Gasteiger partial charge in [0.15, 0.2) is 23.3 Å². The molecule has 12 rings (SSSR count). The molecule has 0 unspecified atom stereocenters. The number of rotatable bonds is 7. The Morgan fingerprint density at radius 1 is 0.274 bits per heavy atom. The largest absolute Gasteiger partial charge is 0.456 e. The van der Waals surface area contributed by atoms with Gasteiger partial charge >= 0.3 is 0 Å². The molecule has 7 heteroatoms. The molecule has 0 bridgehead atoms. The summed E-state index contributed by atoms with van der Waals surface area (Å²) in [5.41, 5.74) is 12.3. The first-order valence-electron chi connectivity index (χ1n) is 20.5. The van der Waals surface area contributed by atoms with Crippen molar-refractivity contribution in [3.63, 3.8) is 0 Å². The molecular weight excluding hydrogens is 763 g/mol. The maximum absolute atomic E-state index is 6.47. The lowest BCUT2D eigenvalue weighted by molar-refractivity contribution is 0.669. The van der Waals surface area contributed by atoms with Crippen LogP contribution in [-0.2, 0) is 0 Å². The average Bonchev–Trinajstić information content (AvgIpc) is 3.93. The van der Waals surface area contributed by atoms with Gasteiger partial charge in [-0.15, -0.1) is 0 Å². The van der Waals surface area contributed by atoms with E-state index in [0.717, 1.165) is 99.8 Å². The topological polar surface area (TPSA) is 90.7 Å². The number of hydrogen-bond acceptors (Lipinski definition) is 7. The van der Waals surface area contributed by atoms with Gasteiger partial charge in [-0.2, -0.15) is 0 Å². The number of para-hydroxylation sites is 3. The highest BCUT2D eigenvalue weighted by molar-refractivity contribution is 6.12. The Balaban J connectivity index is 0.978. The van der Waals surface area contributed by atoms with Crippen LogP contribution in [0.25, 0.3) is 123 Å². The lowest BCUT2D eigenvalue weighted by Gasteiger charge is -2.12. The van der Waals surface area contributed by atoms with Crippen LogP contribution < -0.4 is 0 Å². The molecule has 290 valence electrons. The Labute approximate surface area is 355 Å².